The van der Waals surface area contributed by atoms with Crippen molar-refractivity contribution in [3.8, 4) is 0 Å². The summed E-state index contributed by atoms with van der Waals surface area (Å²) in [6, 6.07) is 0. The maximum Gasteiger partial charge on any atom is 0.225 e. The molecule has 1 aliphatic rings. The highest BCUT2D eigenvalue weighted by Gasteiger charge is 2.17. The normalized spacial score (nSPS) is 17.5. The van der Waals surface area contributed by atoms with Gasteiger partial charge in [0.15, 0.2) is 0 Å². The van der Waals surface area contributed by atoms with Crippen LogP contribution in [0.15, 0.2) is 12.4 Å². The summed E-state index contributed by atoms with van der Waals surface area (Å²) in [6.07, 6.45) is 3.72. The molecule has 6 nitrogen and oxygen atoms in total. The highest BCUT2D eigenvalue weighted by molar-refractivity contribution is 5.30. The van der Waals surface area contributed by atoms with Gasteiger partial charge in [-0.15, -0.1) is 0 Å². The minimum atomic E-state index is -0.282. The number of rotatable bonds is 5. The van der Waals surface area contributed by atoms with E-state index in [2.05, 4.69) is 32.1 Å². The number of nitrogens with one attached hydrogen (secondary N) is 1. The molecular formula is C14H25N5O. The van der Waals surface area contributed by atoms with E-state index in [1.165, 1.54) is 0 Å². The third-order valence-electron chi connectivity index (χ3n) is 3.64. The summed E-state index contributed by atoms with van der Waals surface area (Å²) in [5.41, 5.74) is 0.750. The lowest BCUT2D eigenvalue weighted by Gasteiger charge is -2.32. The zero-order valence-corrected chi connectivity index (χ0v) is 12.6. The molecule has 0 bridgehead atoms. The van der Waals surface area contributed by atoms with Gasteiger partial charge in [0, 0.05) is 56.2 Å². The van der Waals surface area contributed by atoms with E-state index in [4.69, 9.17) is 0 Å². The average Bonchev–Trinajstić information content (AvgIpc) is 2.47. The van der Waals surface area contributed by atoms with Crippen molar-refractivity contribution in [2.75, 3.05) is 44.7 Å². The van der Waals surface area contributed by atoms with Crippen molar-refractivity contribution in [1.29, 1.82) is 0 Å². The second-order valence-electron chi connectivity index (χ2n) is 6.08. The Bertz CT molecular complexity index is 412. The van der Waals surface area contributed by atoms with Gasteiger partial charge in [-0.05, 0) is 20.9 Å². The Kier molecular flexibility index (Phi) is 4.91. The molecule has 2 N–H and O–H groups in total. The molecule has 6 heteroatoms. The van der Waals surface area contributed by atoms with Crippen molar-refractivity contribution in [1.82, 2.24) is 20.2 Å². The van der Waals surface area contributed by atoms with Crippen LogP contribution in [0.5, 0.6) is 0 Å². The highest BCUT2D eigenvalue weighted by atomic mass is 16.3. The molecule has 1 aliphatic heterocycles. The van der Waals surface area contributed by atoms with Crippen LogP contribution in [0, 0.1) is 0 Å². The average molecular weight is 279 g/mol. The molecule has 0 spiro atoms. The largest absolute Gasteiger partial charge is 0.394 e. The molecule has 0 radical (unpaired) electrons. The maximum atomic E-state index is 9.20. The topological polar surface area (TPSA) is 64.5 Å². The predicted molar refractivity (Wildman–Crippen MR) is 79.7 cm³/mol. The standard InChI is InChI=1S/C14H25N5O/c1-14(2,11-20)17-10-12-8-15-13(16-9-12)19-6-4-18(3)5-7-19/h8-9,17,20H,4-7,10-11H2,1-3H3. The van der Waals surface area contributed by atoms with Gasteiger partial charge in [-0.3, -0.25) is 0 Å². The molecule has 2 rings (SSSR count). The van der Waals surface area contributed by atoms with Crippen molar-refractivity contribution in [2.24, 2.45) is 0 Å². The number of anilines is 1. The van der Waals surface area contributed by atoms with Crippen LogP contribution in [-0.2, 0) is 6.54 Å². The van der Waals surface area contributed by atoms with Gasteiger partial charge in [0.05, 0.1) is 6.61 Å². The van der Waals surface area contributed by atoms with Crippen molar-refractivity contribution in [2.45, 2.75) is 25.9 Å². The number of likely N-dealkylation sites (N-methyl/N-ethyl adjacent to an activating group) is 1. The summed E-state index contributed by atoms with van der Waals surface area (Å²) < 4.78 is 0. The second-order valence-corrected chi connectivity index (χ2v) is 6.08. The third-order valence-corrected chi connectivity index (χ3v) is 3.64. The number of aliphatic hydroxyl groups excluding tert-OH is 1. The molecule has 0 atom stereocenters. The first kappa shape index (κ1) is 15.2. The lowest BCUT2D eigenvalue weighted by Crippen LogP contribution is -2.45. The SMILES string of the molecule is CN1CCN(c2ncc(CNC(C)(C)CO)cn2)CC1. The number of aliphatic hydroxyl groups is 1. The van der Waals surface area contributed by atoms with Crippen LogP contribution < -0.4 is 10.2 Å². The monoisotopic (exact) mass is 279 g/mol. The smallest absolute Gasteiger partial charge is 0.225 e. The van der Waals surface area contributed by atoms with Crippen LogP contribution in [0.25, 0.3) is 0 Å². The molecule has 1 aromatic rings. The maximum absolute atomic E-state index is 9.20. The van der Waals surface area contributed by atoms with Gasteiger partial charge in [0.1, 0.15) is 0 Å². The first-order valence-corrected chi connectivity index (χ1v) is 7.10. The summed E-state index contributed by atoms with van der Waals surface area (Å²) >= 11 is 0. The first-order chi connectivity index (χ1) is 9.50. The number of aromatic nitrogens is 2. The number of piperazine rings is 1. The minimum absolute atomic E-state index is 0.104. The van der Waals surface area contributed by atoms with Crippen LogP contribution in [0.4, 0.5) is 5.95 Å². The molecule has 0 amide bonds. The number of hydrogen-bond donors (Lipinski definition) is 2. The van der Waals surface area contributed by atoms with Crippen LogP contribution in [0.2, 0.25) is 0 Å². The molecule has 1 aromatic heterocycles. The van der Waals surface area contributed by atoms with Crippen molar-refractivity contribution in [3.05, 3.63) is 18.0 Å². The Morgan fingerprint density at radius 3 is 2.35 bits per heavy atom. The van der Waals surface area contributed by atoms with Crippen molar-refractivity contribution in [3.63, 3.8) is 0 Å². The zero-order chi connectivity index (χ0) is 14.6. The molecule has 112 valence electrons. The summed E-state index contributed by atoms with van der Waals surface area (Å²) in [6.45, 7) is 8.76. The fraction of sp³-hybridized carbons (Fsp3) is 0.714. The van der Waals surface area contributed by atoms with E-state index in [9.17, 15) is 5.11 Å². The minimum Gasteiger partial charge on any atom is -0.394 e. The van der Waals surface area contributed by atoms with Crippen molar-refractivity contribution >= 4 is 5.95 Å². The molecule has 1 fully saturated rings. The predicted octanol–water partition coefficient (Wildman–Crippen LogP) is 0.0889. The molecule has 1 saturated heterocycles. The summed E-state index contributed by atoms with van der Waals surface area (Å²) in [5, 5.41) is 12.5. The Hall–Kier alpha value is -1.24. The second kappa shape index (κ2) is 6.47. The Morgan fingerprint density at radius 1 is 1.20 bits per heavy atom. The zero-order valence-electron chi connectivity index (χ0n) is 12.6. The van der Waals surface area contributed by atoms with Gasteiger partial charge >= 0.3 is 0 Å². The lowest BCUT2D eigenvalue weighted by atomic mass is 10.1. The summed E-state index contributed by atoms with van der Waals surface area (Å²) in [7, 11) is 2.13. The van der Waals surface area contributed by atoms with Gasteiger partial charge in [-0.25, -0.2) is 9.97 Å². The van der Waals surface area contributed by atoms with E-state index in [0.717, 1.165) is 37.7 Å². The van der Waals surface area contributed by atoms with E-state index in [0.29, 0.717) is 6.54 Å². The van der Waals surface area contributed by atoms with Crippen LogP contribution >= 0.6 is 0 Å². The molecule has 0 unspecified atom stereocenters. The molecular weight excluding hydrogens is 254 g/mol. The molecule has 0 aromatic carbocycles. The Balaban J connectivity index is 1.90. The number of hydrogen-bond acceptors (Lipinski definition) is 6. The first-order valence-electron chi connectivity index (χ1n) is 7.10. The van der Waals surface area contributed by atoms with Crippen LogP contribution in [0.1, 0.15) is 19.4 Å². The molecule has 20 heavy (non-hydrogen) atoms. The Labute approximate surface area is 120 Å². The van der Waals surface area contributed by atoms with Gasteiger partial charge in [0.25, 0.3) is 0 Å². The fourth-order valence-corrected chi connectivity index (χ4v) is 2.01. The van der Waals surface area contributed by atoms with E-state index in [1.54, 1.807) is 0 Å². The summed E-state index contributed by atoms with van der Waals surface area (Å²) in [4.78, 5) is 13.4. The van der Waals surface area contributed by atoms with Crippen LogP contribution in [0.3, 0.4) is 0 Å². The Morgan fingerprint density at radius 2 is 1.80 bits per heavy atom. The van der Waals surface area contributed by atoms with E-state index in [-0.39, 0.29) is 12.1 Å². The van der Waals surface area contributed by atoms with E-state index < -0.39 is 0 Å². The van der Waals surface area contributed by atoms with Crippen LogP contribution in [-0.4, -0.2) is 65.3 Å². The summed E-state index contributed by atoms with van der Waals surface area (Å²) in [5.74, 6) is 0.809. The highest BCUT2D eigenvalue weighted by Crippen LogP contribution is 2.10. The third kappa shape index (κ3) is 4.13. The van der Waals surface area contributed by atoms with Gasteiger partial charge in [0.2, 0.25) is 5.95 Å². The molecule has 2 heterocycles. The van der Waals surface area contributed by atoms with E-state index >= 15 is 0 Å². The van der Waals surface area contributed by atoms with Gasteiger partial charge in [-0.1, -0.05) is 0 Å². The lowest BCUT2D eigenvalue weighted by molar-refractivity contribution is 0.187. The van der Waals surface area contributed by atoms with Gasteiger partial charge < -0.3 is 20.2 Å². The van der Waals surface area contributed by atoms with Crippen molar-refractivity contribution < 1.29 is 5.11 Å². The quantitative estimate of drug-likeness (QED) is 0.796. The fourth-order valence-electron chi connectivity index (χ4n) is 2.01. The number of nitrogens with zero attached hydrogens (tertiary/aromatic N) is 4. The molecule has 0 aliphatic carbocycles. The van der Waals surface area contributed by atoms with Gasteiger partial charge in [-0.2, -0.15) is 0 Å². The van der Waals surface area contributed by atoms with E-state index in [1.807, 2.05) is 26.2 Å². The molecule has 0 saturated carbocycles.